The van der Waals surface area contributed by atoms with Crippen molar-refractivity contribution in [3.63, 3.8) is 0 Å². The normalized spacial score (nSPS) is 49.5. The summed E-state index contributed by atoms with van der Waals surface area (Å²) in [4.78, 5) is 26.0. The Morgan fingerprint density at radius 3 is 2.33 bits per heavy atom. The van der Waals surface area contributed by atoms with Crippen LogP contribution in [0.5, 0.6) is 0 Å². The Morgan fingerprint density at radius 2 is 1.69 bits per heavy atom. The predicted octanol–water partition coefficient (Wildman–Crippen LogP) is 4.71. The number of hydrogen-bond acceptors (Lipinski definition) is 8. The van der Waals surface area contributed by atoms with Gasteiger partial charge in [-0.2, -0.15) is 0 Å². The molecule has 0 radical (unpaired) electrons. The third kappa shape index (κ3) is 4.21. The van der Waals surface area contributed by atoms with E-state index in [1.165, 1.54) is 5.57 Å². The van der Waals surface area contributed by atoms with Crippen molar-refractivity contribution in [2.24, 2.45) is 56.7 Å². The summed E-state index contributed by atoms with van der Waals surface area (Å²) in [5.41, 5.74) is -0.261. The summed E-state index contributed by atoms with van der Waals surface area (Å²) in [6, 6.07) is 0. The van der Waals surface area contributed by atoms with E-state index in [2.05, 4.69) is 59.9 Å². The van der Waals surface area contributed by atoms with Gasteiger partial charge in [-0.1, -0.05) is 60.1 Å². The van der Waals surface area contributed by atoms with Crippen molar-refractivity contribution in [2.45, 2.75) is 124 Å². The summed E-state index contributed by atoms with van der Waals surface area (Å²) in [6.07, 6.45) is 4.88. The van der Waals surface area contributed by atoms with Gasteiger partial charge in [-0.15, -0.1) is 0 Å². The monoisotopic (exact) mass is 629 g/mol. The summed E-state index contributed by atoms with van der Waals surface area (Å²) < 4.78 is 4.91. The molecular formula is C36H55NO8. The first-order valence-corrected chi connectivity index (χ1v) is 17.2. The van der Waals surface area contributed by atoms with E-state index in [9.17, 15) is 35.1 Å². The minimum atomic E-state index is -1.47. The Labute approximate surface area is 267 Å². The SMILES string of the molecule is C[C@H]1[C@H](C)CC[C@]2(C(=O)NC[C@H](O)[C@H]3OC(=O)C(O)=C3O)[C@H](O)C[C@]3(C)C(=CC[C@@H]4[C@@]5(C)CC[C@H](O)C(C)(C)[C@@H]5CC[C@]43C)[C@H]12. The molecular weight excluding hydrogens is 574 g/mol. The average molecular weight is 630 g/mol. The van der Waals surface area contributed by atoms with Crippen LogP contribution in [0.2, 0.25) is 0 Å². The van der Waals surface area contributed by atoms with Gasteiger partial charge in [0.15, 0.2) is 11.9 Å². The highest BCUT2D eigenvalue weighted by molar-refractivity contribution is 5.89. The van der Waals surface area contributed by atoms with Crippen molar-refractivity contribution in [1.82, 2.24) is 5.32 Å². The first-order chi connectivity index (χ1) is 20.9. The number of ether oxygens (including phenoxy) is 1. The van der Waals surface area contributed by atoms with Gasteiger partial charge in [-0.25, -0.2) is 4.79 Å². The van der Waals surface area contributed by atoms with Crippen LogP contribution in [0, 0.1) is 56.7 Å². The molecule has 13 atom stereocenters. The minimum absolute atomic E-state index is 0.0668. The summed E-state index contributed by atoms with van der Waals surface area (Å²) in [5, 5.41) is 56.7. The van der Waals surface area contributed by atoms with Crippen LogP contribution in [-0.4, -0.2) is 68.4 Å². The Bertz CT molecular complexity index is 1320. The Hall–Kier alpha value is -2.10. The third-order valence-electron chi connectivity index (χ3n) is 15.2. The van der Waals surface area contributed by atoms with Crippen LogP contribution >= 0.6 is 0 Å². The lowest BCUT2D eigenvalue weighted by Crippen LogP contribution is -2.69. The Kier molecular flexibility index (Phi) is 7.62. The molecule has 4 saturated carbocycles. The maximum Gasteiger partial charge on any atom is 0.377 e. The van der Waals surface area contributed by atoms with Crippen molar-refractivity contribution in [2.75, 3.05) is 6.54 Å². The van der Waals surface area contributed by atoms with Crippen molar-refractivity contribution < 1.29 is 39.9 Å². The zero-order valence-corrected chi connectivity index (χ0v) is 28.1. The number of amides is 1. The van der Waals surface area contributed by atoms with Crippen LogP contribution in [0.15, 0.2) is 23.2 Å². The molecule has 9 heteroatoms. The van der Waals surface area contributed by atoms with E-state index >= 15 is 0 Å². The zero-order valence-electron chi connectivity index (χ0n) is 28.1. The molecule has 1 heterocycles. The molecule has 0 spiro atoms. The molecule has 4 fully saturated rings. The van der Waals surface area contributed by atoms with Gasteiger partial charge in [0.2, 0.25) is 11.7 Å². The number of nitrogens with one attached hydrogen (secondary N) is 1. The molecule has 1 amide bonds. The molecule has 9 nitrogen and oxygen atoms in total. The molecule has 0 aromatic heterocycles. The van der Waals surface area contributed by atoms with Gasteiger partial charge in [0.25, 0.3) is 0 Å². The van der Waals surface area contributed by atoms with Crippen LogP contribution in [0.1, 0.15) is 99.8 Å². The van der Waals surface area contributed by atoms with E-state index in [0.717, 1.165) is 38.5 Å². The van der Waals surface area contributed by atoms with Gasteiger partial charge in [0, 0.05) is 12.5 Å². The first kappa shape index (κ1) is 32.8. The topological polar surface area (TPSA) is 157 Å². The van der Waals surface area contributed by atoms with Crippen molar-refractivity contribution in [3.05, 3.63) is 23.2 Å². The molecule has 45 heavy (non-hydrogen) atoms. The summed E-state index contributed by atoms with van der Waals surface area (Å²) in [6.45, 7) is 15.9. The molecule has 6 aliphatic rings. The van der Waals surface area contributed by atoms with Crippen LogP contribution < -0.4 is 5.32 Å². The van der Waals surface area contributed by atoms with E-state index < -0.39 is 41.2 Å². The lowest BCUT2D eigenvalue weighted by atomic mass is 9.33. The molecule has 0 bridgehead atoms. The predicted molar refractivity (Wildman–Crippen MR) is 168 cm³/mol. The lowest BCUT2D eigenvalue weighted by molar-refractivity contribution is -0.217. The number of cyclic esters (lactones) is 1. The van der Waals surface area contributed by atoms with Crippen LogP contribution in [0.25, 0.3) is 0 Å². The average Bonchev–Trinajstić information content (AvgIpc) is 3.23. The fourth-order valence-corrected chi connectivity index (χ4v) is 12.1. The minimum Gasteiger partial charge on any atom is -0.505 e. The van der Waals surface area contributed by atoms with Crippen molar-refractivity contribution >= 4 is 11.9 Å². The molecule has 1 aliphatic heterocycles. The number of esters is 1. The second kappa shape index (κ2) is 10.4. The second-order valence-corrected chi connectivity index (χ2v) is 17.1. The Balaban J connectivity index is 1.35. The van der Waals surface area contributed by atoms with Crippen molar-refractivity contribution in [1.29, 1.82) is 0 Å². The summed E-state index contributed by atoms with van der Waals surface area (Å²) >= 11 is 0. The van der Waals surface area contributed by atoms with Gasteiger partial charge in [0.05, 0.1) is 17.6 Å². The number of rotatable bonds is 4. The maximum absolute atomic E-state index is 14.4. The molecule has 6 rings (SSSR count). The van der Waals surface area contributed by atoms with Gasteiger partial charge in [-0.05, 0) is 96.7 Å². The number of fused-ring (bicyclic) bond motifs is 7. The number of carbonyl (C=O) groups excluding carboxylic acids is 2. The molecule has 5 aliphatic carbocycles. The molecule has 0 aromatic carbocycles. The molecule has 6 N–H and O–H groups in total. The number of aliphatic hydroxyl groups is 5. The third-order valence-corrected chi connectivity index (χ3v) is 15.2. The van der Waals surface area contributed by atoms with E-state index in [4.69, 9.17) is 4.74 Å². The van der Waals surface area contributed by atoms with Gasteiger partial charge < -0.3 is 35.6 Å². The van der Waals surface area contributed by atoms with Gasteiger partial charge in [0.1, 0.15) is 6.10 Å². The highest BCUT2D eigenvalue weighted by atomic mass is 16.6. The van der Waals surface area contributed by atoms with Crippen LogP contribution in [0.4, 0.5) is 0 Å². The van der Waals surface area contributed by atoms with E-state index in [0.29, 0.717) is 30.6 Å². The largest absolute Gasteiger partial charge is 0.505 e. The molecule has 0 unspecified atom stereocenters. The van der Waals surface area contributed by atoms with E-state index in [1.807, 2.05) is 0 Å². The quantitative estimate of drug-likeness (QED) is 0.193. The maximum atomic E-state index is 14.4. The van der Waals surface area contributed by atoms with E-state index in [-0.39, 0.29) is 52.1 Å². The summed E-state index contributed by atoms with van der Waals surface area (Å²) in [7, 11) is 0. The van der Waals surface area contributed by atoms with E-state index in [1.54, 1.807) is 0 Å². The second-order valence-electron chi connectivity index (χ2n) is 17.1. The van der Waals surface area contributed by atoms with Gasteiger partial charge in [-0.3, -0.25) is 4.79 Å². The molecule has 252 valence electrons. The smallest absolute Gasteiger partial charge is 0.377 e. The highest BCUT2D eigenvalue weighted by Crippen LogP contribution is 2.75. The fourth-order valence-electron chi connectivity index (χ4n) is 12.1. The molecule has 0 saturated heterocycles. The molecule has 0 aromatic rings. The fraction of sp³-hybridized carbons (Fsp3) is 0.833. The van der Waals surface area contributed by atoms with Crippen LogP contribution in [0.3, 0.4) is 0 Å². The van der Waals surface area contributed by atoms with Crippen molar-refractivity contribution in [3.8, 4) is 0 Å². The Morgan fingerprint density at radius 1 is 1.00 bits per heavy atom. The standard InChI is InChI=1S/C36H55NO8/c1-18-10-15-36(31(44)37-17-21(38)29-27(41)28(42)30(43)45-29)25(40)16-35(7)20(26(36)19(18)2)8-9-23-33(5)13-12-24(39)32(3,4)22(33)11-14-34(23,35)6/h8,18-19,21-26,29,38-42H,9-17H2,1-7H3,(H,37,44)/t18-,19+,21+,22+,23-,24+,25-,26+,29-,33+,34-,35-,36+/m1/s1. The number of aliphatic hydroxyl groups excluding tert-OH is 5. The lowest BCUT2D eigenvalue weighted by Gasteiger charge is -2.72. The first-order valence-electron chi connectivity index (χ1n) is 17.2. The highest BCUT2D eigenvalue weighted by Gasteiger charge is 2.71. The zero-order chi connectivity index (χ0) is 33.1. The van der Waals surface area contributed by atoms with Gasteiger partial charge >= 0.3 is 5.97 Å². The van der Waals surface area contributed by atoms with Crippen LogP contribution in [-0.2, 0) is 14.3 Å². The number of hydrogen-bond donors (Lipinski definition) is 6. The summed E-state index contributed by atoms with van der Waals surface area (Å²) in [5.74, 6) is -2.00. The number of allylic oxidation sites excluding steroid dienone is 2. The number of carbonyl (C=O) groups is 2.